The topological polar surface area (TPSA) is 71.1 Å². The Balaban J connectivity index is 2.39. The van der Waals surface area contributed by atoms with Crippen molar-refractivity contribution in [2.45, 2.75) is 13.8 Å². The van der Waals surface area contributed by atoms with Crippen LogP contribution in [0.1, 0.15) is 32.3 Å². The molecule has 2 rings (SSSR count). The van der Waals surface area contributed by atoms with Crippen LogP contribution in [0.2, 0.25) is 0 Å². The van der Waals surface area contributed by atoms with Crippen LogP contribution < -0.4 is 9.47 Å². The number of carbonyl (C=O) groups is 2. The predicted octanol–water partition coefficient (Wildman–Crippen LogP) is 0.868. The van der Waals surface area contributed by atoms with Crippen molar-refractivity contribution in [2.24, 2.45) is 0 Å². The summed E-state index contributed by atoms with van der Waals surface area (Å²) in [7, 11) is 0. The standard InChI is InChI=1S/C12H14O6Se/c1-3-15-11(13)9-7-8(18-6-5-17-7)10(19-9)12(14)16-4-2/h3-6H2,1-2H3. The van der Waals surface area contributed by atoms with Gasteiger partial charge in [-0.05, 0) is 0 Å². The molecule has 0 saturated carbocycles. The van der Waals surface area contributed by atoms with Gasteiger partial charge in [-0.15, -0.1) is 0 Å². The van der Waals surface area contributed by atoms with E-state index in [2.05, 4.69) is 0 Å². The predicted molar refractivity (Wildman–Crippen MR) is 66.3 cm³/mol. The fraction of sp³-hybridized carbons (Fsp3) is 0.500. The molecule has 1 aromatic heterocycles. The van der Waals surface area contributed by atoms with E-state index in [4.69, 9.17) is 18.9 Å². The molecule has 0 bridgehead atoms. The summed E-state index contributed by atoms with van der Waals surface area (Å²) in [5.74, 6) is -0.236. The van der Waals surface area contributed by atoms with Gasteiger partial charge in [-0.25, -0.2) is 0 Å². The van der Waals surface area contributed by atoms with E-state index < -0.39 is 26.4 Å². The van der Waals surface area contributed by atoms with Gasteiger partial charge in [-0.3, -0.25) is 0 Å². The van der Waals surface area contributed by atoms with Gasteiger partial charge >= 0.3 is 116 Å². The van der Waals surface area contributed by atoms with Crippen LogP contribution in [0, 0.1) is 0 Å². The van der Waals surface area contributed by atoms with E-state index in [0.717, 1.165) is 0 Å². The van der Waals surface area contributed by atoms with Crippen molar-refractivity contribution in [3.63, 3.8) is 0 Å². The van der Waals surface area contributed by atoms with E-state index >= 15 is 0 Å². The molecule has 0 unspecified atom stereocenters. The van der Waals surface area contributed by atoms with Crippen molar-refractivity contribution in [3.05, 3.63) is 8.87 Å². The molecule has 0 N–H and O–H groups in total. The number of rotatable bonds is 4. The van der Waals surface area contributed by atoms with Crippen molar-refractivity contribution in [2.75, 3.05) is 26.4 Å². The van der Waals surface area contributed by atoms with Gasteiger partial charge in [0.2, 0.25) is 0 Å². The van der Waals surface area contributed by atoms with Gasteiger partial charge in [0.15, 0.2) is 0 Å². The van der Waals surface area contributed by atoms with Gasteiger partial charge in [-0.2, -0.15) is 0 Å². The van der Waals surface area contributed by atoms with E-state index in [1.165, 1.54) is 0 Å². The molecule has 0 amide bonds. The average Bonchev–Trinajstić information content (AvgIpc) is 2.79. The Morgan fingerprint density at radius 2 is 1.42 bits per heavy atom. The maximum absolute atomic E-state index is 11.8. The Morgan fingerprint density at radius 1 is 1.00 bits per heavy atom. The third-order valence-corrected chi connectivity index (χ3v) is 4.65. The Kier molecular flexibility index (Phi) is 4.50. The Labute approximate surface area is 116 Å². The Bertz CT molecular complexity index is 450. The van der Waals surface area contributed by atoms with E-state index in [1.54, 1.807) is 13.8 Å². The molecule has 1 aliphatic heterocycles. The molecule has 2 heterocycles. The van der Waals surface area contributed by atoms with E-state index in [-0.39, 0.29) is 13.2 Å². The molecule has 0 saturated heterocycles. The normalized spacial score (nSPS) is 12.9. The molecule has 0 radical (unpaired) electrons. The number of fused-ring (bicyclic) bond motifs is 1. The van der Waals surface area contributed by atoms with Crippen molar-refractivity contribution in [1.82, 2.24) is 0 Å². The molecular formula is C12H14O6Se. The van der Waals surface area contributed by atoms with Crippen molar-refractivity contribution in [1.29, 1.82) is 0 Å². The van der Waals surface area contributed by atoms with Crippen LogP contribution in [0.3, 0.4) is 0 Å². The van der Waals surface area contributed by atoms with E-state index in [0.29, 0.717) is 33.6 Å². The number of hydrogen-bond donors (Lipinski definition) is 0. The summed E-state index contributed by atoms with van der Waals surface area (Å²) in [4.78, 5) is 23.7. The summed E-state index contributed by atoms with van der Waals surface area (Å²) >= 11 is -0.506. The first kappa shape index (κ1) is 14.0. The van der Waals surface area contributed by atoms with Gasteiger partial charge in [0, 0.05) is 0 Å². The fourth-order valence-corrected chi connectivity index (χ4v) is 3.66. The molecular weight excluding hydrogens is 319 g/mol. The number of hydrogen-bond acceptors (Lipinski definition) is 6. The van der Waals surface area contributed by atoms with Crippen LogP contribution in [0.25, 0.3) is 0 Å². The molecule has 0 aliphatic carbocycles. The fourth-order valence-electron chi connectivity index (χ4n) is 1.61. The number of esters is 2. The molecule has 104 valence electrons. The van der Waals surface area contributed by atoms with Crippen LogP contribution >= 0.6 is 0 Å². The first-order chi connectivity index (χ1) is 9.19. The van der Waals surface area contributed by atoms with Gasteiger partial charge in [-0.1, -0.05) is 0 Å². The molecule has 19 heavy (non-hydrogen) atoms. The minimum absolute atomic E-state index is 0.274. The first-order valence-electron chi connectivity index (χ1n) is 5.95. The zero-order valence-corrected chi connectivity index (χ0v) is 12.4. The monoisotopic (exact) mass is 334 g/mol. The molecule has 6 nitrogen and oxygen atoms in total. The van der Waals surface area contributed by atoms with Gasteiger partial charge in [0.05, 0.1) is 0 Å². The van der Waals surface area contributed by atoms with Crippen LogP contribution in [0.15, 0.2) is 0 Å². The molecule has 0 atom stereocenters. The second-order valence-corrected chi connectivity index (χ2v) is 5.70. The number of carbonyl (C=O) groups excluding carboxylic acids is 2. The molecule has 0 spiro atoms. The van der Waals surface area contributed by atoms with E-state index in [9.17, 15) is 9.59 Å². The minimum atomic E-state index is -0.506. The van der Waals surface area contributed by atoms with Crippen LogP contribution in [0.4, 0.5) is 0 Å². The summed E-state index contributed by atoms with van der Waals surface area (Å²) in [6.45, 7) is 4.71. The summed E-state index contributed by atoms with van der Waals surface area (Å²) in [6, 6.07) is 0. The summed E-state index contributed by atoms with van der Waals surface area (Å²) in [5.41, 5.74) is 0. The Morgan fingerprint density at radius 3 is 1.79 bits per heavy atom. The first-order valence-corrected chi connectivity index (χ1v) is 7.66. The summed E-state index contributed by atoms with van der Waals surface area (Å²) in [5, 5.41) is 0. The zero-order valence-electron chi connectivity index (χ0n) is 10.7. The summed E-state index contributed by atoms with van der Waals surface area (Å²) < 4.78 is 21.6. The SMILES string of the molecule is CCOC(=O)c1[se]c(C(=O)OCC)c2c1OCCO2. The second-order valence-electron chi connectivity index (χ2n) is 3.56. The van der Waals surface area contributed by atoms with Crippen molar-refractivity contribution >= 4 is 26.4 Å². The quantitative estimate of drug-likeness (QED) is 0.601. The van der Waals surface area contributed by atoms with Gasteiger partial charge in [0.25, 0.3) is 0 Å². The van der Waals surface area contributed by atoms with Gasteiger partial charge in [0.1, 0.15) is 0 Å². The molecule has 0 fully saturated rings. The van der Waals surface area contributed by atoms with Crippen LogP contribution in [-0.4, -0.2) is 52.9 Å². The van der Waals surface area contributed by atoms with Gasteiger partial charge < -0.3 is 0 Å². The molecule has 7 heteroatoms. The van der Waals surface area contributed by atoms with Crippen molar-refractivity contribution < 1.29 is 28.5 Å². The molecule has 1 aliphatic rings. The number of ether oxygens (including phenoxy) is 4. The van der Waals surface area contributed by atoms with Crippen molar-refractivity contribution in [3.8, 4) is 11.5 Å². The second kappa shape index (κ2) is 6.12. The van der Waals surface area contributed by atoms with Crippen LogP contribution in [0.5, 0.6) is 11.5 Å². The third-order valence-electron chi connectivity index (χ3n) is 2.32. The molecule has 1 aromatic rings. The van der Waals surface area contributed by atoms with Crippen LogP contribution in [-0.2, 0) is 9.47 Å². The van der Waals surface area contributed by atoms with E-state index in [1.807, 2.05) is 0 Å². The summed E-state index contributed by atoms with van der Waals surface area (Å²) in [6.07, 6.45) is 0. The maximum atomic E-state index is 11.8. The third kappa shape index (κ3) is 2.77. The average molecular weight is 333 g/mol. The Hall–Kier alpha value is -1.46. The molecule has 0 aromatic carbocycles. The zero-order chi connectivity index (χ0) is 13.8.